The molecule has 1 atom stereocenters. The molecule has 0 saturated carbocycles. The highest BCUT2D eigenvalue weighted by Crippen LogP contribution is 2.34. The summed E-state index contributed by atoms with van der Waals surface area (Å²) in [6.07, 6.45) is -5.25. The molecule has 1 unspecified atom stereocenters. The Balaban J connectivity index is 3.10. The van der Waals surface area contributed by atoms with Crippen LogP contribution in [0, 0.1) is 5.92 Å². The summed E-state index contributed by atoms with van der Waals surface area (Å²) in [6.45, 7) is 3.53. The molecule has 0 fully saturated rings. The summed E-state index contributed by atoms with van der Waals surface area (Å²) in [5.41, 5.74) is 5.00. The predicted octanol–water partition coefficient (Wildman–Crippen LogP) is 2.98. The van der Waals surface area contributed by atoms with Gasteiger partial charge in [0.05, 0.1) is 11.7 Å². The number of anilines is 1. The Labute approximate surface area is 91.9 Å². The number of nitrogens with two attached hydrogens (primary N) is 1. The van der Waals surface area contributed by atoms with E-state index in [2.05, 4.69) is 0 Å². The van der Waals surface area contributed by atoms with E-state index in [0.717, 1.165) is 12.1 Å². The summed E-state index contributed by atoms with van der Waals surface area (Å²) >= 11 is 0. The molecule has 0 bridgehead atoms. The normalized spacial score (nSPS) is 14.2. The van der Waals surface area contributed by atoms with Gasteiger partial charge in [0.1, 0.15) is 0 Å². The van der Waals surface area contributed by atoms with Crippen LogP contribution in [-0.2, 0) is 6.18 Å². The first kappa shape index (κ1) is 12.8. The van der Waals surface area contributed by atoms with Crippen LogP contribution in [-0.4, -0.2) is 5.11 Å². The molecule has 2 nitrogen and oxygen atoms in total. The minimum Gasteiger partial charge on any atom is -0.398 e. The van der Waals surface area contributed by atoms with Gasteiger partial charge in [0.2, 0.25) is 0 Å². The first-order chi connectivity index (χ1) is 7.23. The van der Waals surface area contributed by atoms with Gasteiger partial charge in [0.15, 0.2) is 0 Å². The van der Waals surface area contributed by atoms with Crippen molar-refractivity contribution in [1.82, 2.24) is 0 Å². The predicted molar refractivity (Wildman–Crippen MR) is 55.7 cm³/mol. The van der Waals surface area contributed by atoms with Gasteiger partial charge in [0, 0.05) is 11.3 Å². The van der Waals surface area contributed by atoms with Gasteiger partial charge >= 0.3 is 6.18 Å². The van der Waals surface area contributed by atoms with Crippen LogP contribution >= 0.6 is 0 Å². The zero-order chi connectivity index (χ0) is 12.5. The summed E-state index contributed by atoms with van der Waals surface area (Å²) in [4.78, 5) is 0. The molecule has 90 valence electrons. The summed E-state index contributed by atoms with van der Waals surface area (Å²) in [5, 5.41) is 9.71. The van der Waals surface area contributed by atoms with E-state index in [-0.39, 0.29) is 11.6 Å². The van der Waals surface area contributed by atoms with Crippen molar-refractivity contribution in [2.45, 2.75) is 26.1 Å². The lowest BCUT2D eigenvalue weighted by molar-refractivity contribution is -0.137. The van der Waals surface area contributed by atoms with Gasteiger partial charge < -0.3 is 10.8 Å². The fourth-order valence-electron chi connectivity index (χ4n) is 1.38. The van der Waals surface area contributed by atoms with Crippen LogP contribution in [0.4, 0.5) is 18.9 Å². The van der Waals surface area contributed by atoms with Crippen molar-refractivity contribution in [1.29, 1.82) is 0 Å². The van der Waals surface area contributed by atoms with Gasteiger partial charge in [-0.25, -0.2) is 0 Å². The minimum atomic E-state index is -4.41. The van der Waals surface area contributed by atoms with Crippen LogP contribution in [0.1, 0.15) is 31.1 Å². The van der Waals surface area contributed by atoms with E-state index in [0.29, 0.717) is 5.56 Å². The first-order valence-electron chi connectivity index (χ1n) is 4.88. The minimum absolute atomic E-state index is 0.0315. The molecule has 1 aromatic rings. The molecule has 0 heterocycles. The maximum absolute atomic E-state index is 12.3. The van der Waals surface area contributed by atoms with Crippen LogP contribution in [0.3, 0.4) is 0 Å². The number of hydrogen-bond acceptors (Lipinski definition) is 2. The number of alkyl halides is 3. The summed E-state index contributed by atoms with van der Waals surface area (Å²) < 4.78 is 37.0. The lowest BCUT2D eigenvalue weighted by Crippen LogP contribution is -2.11. The Kier molecular flexibility index (Phi) is 3.48. The van der Waals surface area contributed by atoms with E-state index in [1.54, 1.807) is 13.8 Å². The van der Waals surface area contributed by atoms with Gasteiger partial charge in [-0.3, -0.25) is 0 Å². The molecule has 0 radical (unpaired) electrons. The number of nitrogen functional groups attached to an aromatic ring is 1. The molecule has 1 rings (SSSR count). The number of halogens is 3. The summed E-state index contributed by atoms with van der Waals surface area (Å²) in [5.74, 6) is -0.0981. The molecule has 5 heteroatoms. The second-order valence-electron chi connectivity index (χ2n) is 4.03. The zero-order valence-corrected chi connectivity index (χ0v) is 9.05. The van der Waals surface area contributed by atoms with Crippen LogP contribution in [0.5, 0.6) is 0 Å². The van der Waals surface area contributed by atoms with Crippen LogP contribution in [0.2, 0.25) is 0 Å². The molecule has 3 N–H and O–H groups in total. The fraction of sp³-hybridized carbons (Fsp3) is 0.455. The van der Waals surface area contributed by atoms with E-state index >= 15 is 0 Å². The number of rotatable bonds is 2. The molecule has 0 aliphatic carbocycles. The third kappa shape index (κ3) is 2.66. The lowest BCUT2D eigenvalue weighted by atomic mass is 9.96. The third-order valence-corrected chi connectivity index (χ3v) is 2.36. The number of hydrogen-bond donors (Lipinski definition) is 2. The van der Waals surface area contributed by atoms with Crippen LogP contribution in [0.15, 0.2) is 18.2 Å². The van der Waals surface area contributed by atoms with Gasteiger partial charge in [0.25, 0.3) is 0 Å². The standard InChI is InChI=1S/C11H14F3NO/c1-6(2)10(16)8-4-3-7(5-9(8)15)11(12,13)14/h3-6,10,16H,15H2,1-2H3. The average Bonchev–Trinajstić information content (AvgIpc) is 2.15. The molecule has 0 aliphatic rings. The third-order valence-electron chi connectivity index (χ3n) is 2.36. The highest BCUT2D eigenvalue weighted by molar-refractivity contribution is 5.51. The molecule has 0 spiro atoms. The van der Waals surface area contributed by atoms with Crippen molar-refractivity contribution in [2.75, 3.05) is 5.73 Å². The molecule has 0 saturated heterocycles. The number of aliphatic hydroxyl groups excluding tert-OH is 1. The Morgan fingerprint density at radius 2 is 1.81 bits per heavy atom. The molecule has 0 amide bonds. The SMILES string of the molecule is CC(C)C(O)c1ccc(C(F)(F)F)cc1N. The maximum Gasteiger partial charge on any atom is 0.416 e. The van der Waals surface area contributed by atoms with Crippen LogP contribution < -0.4 is 5.73 Å². The largest absolute Gasteiger partial charge is 0.416 e. The molecule has 1 aromatic carbocycles. The zero-order valence-electron chi connectivity index (χ0n) is 9.05. The van der Waals surface area contributed by atoms with Crippen molar-refractivity contribution >= 4 is 5.69 Å². The van der Waals surface area contributed by atoms with E-state index in [4.69, 9.17) is 5.73 Å². The van der Waals surface area contributed by atoms with Crippen molar-refractivity contribution < 1.29 is 18.3 Å². The molecular weight excluding hydrogens is 219 g/mol. The van der Waals surface area contributed by atoms with Crippen molar-refractivity contribution in [3.8, 4) is 0 Å². The Hall–Kier alpha value is -1.23. The van der Waals surface area contributed by atoms with E-state index < -0.39 is 17.8 Å². The fourth-order valence-corrected chi connectivity index (χ4v) is 1.38. The summed E-state index contributed by atoms with van der Waals surface area (Å²) in [6, 6.07) is 3.00. The quantitative estimate of drug-likeness (QED) is 0.771. The molecule has 0 aromatic heterocycles. The topological polar surface area (TPSA) is 46.2 Å². The second-order valence-corrected chi connectivity index (χ2v) is 4.03. The number of benzene rings is 1. The highest BCUT2D eigenvalue weighted by atomic mass is 19.4. The Morgan fingerprint density at radius 1 is 1.25 bits per heavy atom. The second kappa shape index (κ2) is 4.33. The van der Waals surface area contributed by atoms with Crippen molar-refractivity contribution in [2.24, 2.45) is 5.92 Å². The monoisotopic (exact) mass is 233 g/mol. The van der Waals surface area contributed by atoms with E-state index in [1.807, 2.05) is 0 Å². The number of aliphatic hydroxyl groups is 1. The smallest absolute Gasteiger partial charge is 0.398 e. The Bertz CT molecular complexity index is 374. The van der Waals surface area contributed by atoms with Gasteiger partial charge in [-0.15, -0.1) is 0 Å². The highest BCUT2D eigenvalue weighted by Gasteiger charge is 2.31. The van der Waals surface area contributed by atoms with Crippen molar-refractivity contribution in [3.05, 3.63) is 29.3 Å². The molecule has 0 aliphatic heterocycles. The maximum atomic E-state index is 12.3. The van der Waals surface area contributed by atoms with E-state index in [1.165, 1.54) is 6.07 Å². The van der Waals surface area contributed by atoms with Gasteiger partial charge in [-0.1, -0.05) is 19.9 Å². The van der Waals surface area contributed by atoms with E-state index in [9.17, 15) is 18.3 Å². The summed E-state index contributed by atoms with van der Waals surface area (Å²) in [7, 11) is 0. The van der Waals surface area contributed by atoms with Gasteiger partial charge in [-0.05, 0) is 18.1 Å². The Morgan fingerprint density at radius 3 is 2.19 bits per heavy atom. The molecule has 16 heavy (non-hydrogen) atoms. The van der Waals surface area contributed by atoms with Gasteiger partial charge in [-0.2, -0.15) is 13.2 Å². The lowest BCUT2D eigenvalue weighted by Gasteiger charge is -2.18. The first-order valence-corrected chi connectivity index (χ1v) is 4.88. The molecular formula is C11H14F3NO. The van der Waals surface area contributed by atoms with Crippen LogP contribution in [0.25, 0.3) is 0 Å². The average molecular weight is 233 g/mol. The van der Waals surface area contributed by atoms with Crippen molar-refractivity contribution in [3.63, 3.8) is 0 Å².